The third-order valence-corrected chi connectivity index (χ3v) is 8.24. The SMILES string of the molecule is CC1CCCN1CCCOc1ccc(-c2nc(CN3CCCC4(CCCCC4)C3)co2)cc1. The van der Waals surface area contributed by atoms with Gasteiger partial charge in [-0.1, -0.05) is 19.3 Å². The van der Waals surface area contributed by atoms with Crippen molar-refractivity contribution in [2.45, 2.75) is 83.7 Å². The van der Waals surface area contributed by atoms with Crippen LogP contribution in [0.3, 0.4) is 0 Å². The zero-order valence-corrected chi connectivity index (χ0v) is 20.4. The van der Waals surface area contributed by atoms with Crippen LogP contribution in [0.2, 0.25) is 0 Å². The van der Waals surface area contributed by atoms with E-state index in [0.717, 1.165) is 49.2 Å². The number of hydrogen-bond acceptors (Lipinski definition) is 5. The van der Waals surface area contributed by atoms with E-state index >= 15 is 0 Å². The van der Waals surface area contributed by atoms with E-state index in [1.807, 2.05) is 18.4 Å². The third kappa shape index (κ3) is 5.81. The second-order valence-corrected chi connectivity index (χ2v) is 10.8. The Bertz CT molecular complexity index is 866. The number of aromatic nitrogens is 1. The van der Waals surface area contributed by atoms with Gasteiger partial charge in [0, 0.05) is 31.2 Å². The number of oxazole rings is 1. The fourth-order valence-corrected chi connectivity index (χ4v) is 6.37. The van der Waals surface area contributed by atoms with Crippen molar-refractivity contribution in [1.82, 2.24) is 14.8 Å². The smallest absolute Gasteiger partial charge is 0.226 e. The molecule has 2 aromatic rings. The van der Waals surface area contributed by atoms with Gasteiger partial charge in [-0.25, -0.2) is 4.98 Å². The van der Waals surface area contributed by atoms with Crippen molar-refractivity contribution in [2.24, 2.45) is 5.41 Å². The summed E-state index contributed by atoms with van der Waals surface area (Å²) >= 11 is 0. The van der Waals surface area contributed by atoms with Crippen LogP contribution in [0.25, 0.3) is 11.5 Å². The first-order valence-corrected chi connectivity index (χ1v) is 13.3. The van der Waals surface area contributed by atoms with Crippen molar-refractivity contribution < 1.29 is 9.15 Å². The maximum Gasteiger partial charge on any atom is 0.226 e. The lowest BCUT2D eigenvalue weighted by atomic mass is 9.69. The summed E-state index contributed by atoms with van der Waals surface area (Å²) < 4.78 is 11.8. The quantitative estimate of drug-likeness (QED) is 0.451. The number of rotatable bonds is 8. The van der Waals surface area contributed by atoms with Gasteiger partial charge in [0.1, 0.15) is 12.0 Å². The van der Waals surface area contributed by atoms with Gasteiger partial charge in [0.05, 0.1) is 12.3 Å². The number of piperidine rings is 1. The highest BCUT2D eigenvalue weighted by Gasteiger charge is 2.36. The fraction of sp³-hybridized carbons (Fsp3) is 0.679. The predicted octanol–water partition coefficient (Wildman–Crippen LogP) is 6.14. The first-order chi connectivity index (χ1) is 16.2. The van der Waals surface area contributed by atoms with Gasteiger partial charge in [0.15, 0.2) is 0 Å². The molecule has 1 unspecified atom stereocenters. The van der Waals surface area contributed by atoms with Crippen LogP contribution in [0.4, 0.5) is 0 Å². The van der Waals surface area contributed by atoms with Crippen molar-refractivity contribution in [3.63, 3.8) is 0 Å². The third-order valence-electron chi connectivity index (χ3n) is 8.24. The Hall–Kier alpha value is -1.85. The maximum atomic E-state index is 5.97. The highest BCUT2D eigenvalue weighted by molar-refractivity contribution is 5.54. The van der Waals surface area contributed by atoms with Crippen LogP contribution in [0.15, 0.2) is 34.9 Å². The topological polar surface area (TPSA) is 41.7 Å². The zero-order valence-electron chi connectivity index (χ0n) is 20.4. The van der Waals surface area contributed by atoms with Crippen LogP contribution in [0.5, 0.6) is 5.75 Å². The molecule has 3 aliphatic rings. The first kappa shape index (κ1) is 22.9. The Morgan fingerprint density at radius 3 is 2.64 bits per heavy atom. The Labute approximate surface area is 199 Å². The van der Waals surface area contributed by atoms with Crippen LogP contribution in [0.1, 0.15) is 76.8 Å². The molecule has 2 aliphatic heterocycles. The lowest BCUT2D eigenvalue weighted by Crippen LogP contribution is -2.43. The zero-order chi connectivity index (χ0) is 22.5. The number of likely N-dealkylation sites (tertiary alicyclic amines) is 2. The average Bonchev–Trinajstić information content (AvgIpc) is 3.47. The van der Waals surface area contributed by atoms with Gasteiger partial charge in [-0.3, -0.25) is 4.90 Å². The molecule has 0 bridgehead atoms. The fourth-order valence-electron chi connectivity index (χ4n) is 6.37. The predicted molar refractivity (Wildman–Crippen MR) is 132 cm³/mol. The lowest BCUT2D eigenvalue weighted by Gasteiger charge is -2.45. The van der Waals surface area contributed by atoms with Gasteiger partial charge in [-0.2, -0.15) is 0 Å². The molecule has 3 heterocycles. The van der Waals surface area contributed by atoms with E-state index in [0.29, 0.717) is 11.3 Å². The van der Waals surface area contributed by atoms with Crippen molar-refractivity contribution in [3.8, 4) is 17.2 Å². The van der Waals surface area contributed by atoms with Crippen LogP contribution >= 0.6 is 0 Å². The minimum absolute atomic E-state index is 0.575. The molecule has 0 radical (unpaired) electrons. The molecule has 1 saturated carbocycles. The van der Waals surface area contributed by atoms with Crippen molar-refractivity contribution in [3.05, 3.63) is 36.2 Å². The molecule has 0 amide bonds. The molecule has 3 fully saturated rings. The summed E-state index contributed by atoms with van der Waals surface area (Å²) in [5.41, 5.74) is 2.64. The Morgan fingerprint density at radius 1 is 1.03 bits per heavy atom. The molecular weight excluding hydrogens is 410 g/mol. The summed E-state index contributed by atoms with van der Waals surface area (Å²) in [6.07, 6.45) is 15.4. The lowest BCUT2D eigenvalue weighted by molar-refractivity contribution is 0.0487. The van der Waals surface area contributed by atoms with Crippen molar-refractivity contribution in [2.75, 3.05) is 32.8 Å². The van der Waals surface area contributed by atoms with Crippen LogP contribution in [0, 0.1) is 5.41 Å². The van der Waals surface area contributed by atoms with Gasteiger partial charge in [0.25, 0.3) is 0 Å². The number of benzene rings is 1. The second-order valence-electron chi connectivity index (χ2n) is 10.8. The number of nitrogens with zero attached hydrogens (tertiary/aromatic N) is 3. The molecular formula is C28H41N3O2. The summed E-state index contributed by atoms with van der Waals surface area (Å²) in [6, 6.07) is 8.93. The van der Waals surface area contributed by atoms with Crippen molar-refractivity contribution >= 4 is 0 Å². The molecule has 33 heavy (non-hydrogen) atoms. The summed E-state index contributed by atoms with van der Waals surface area (Å²) in [7, 11) is 0. The van der Waals surface area contributed by atoms with Crippen molar-refractivity contribution in [1.29, 1.82) is 0 Å². The molecule has 1 aliphatic carbocycles. The molecule has 1 aromatic heterocycles. The van der Waals surface area contributed by atoms with E-state index in [9.17, 15) is 0 Å². The number of ether oxygens (including phenoxy) is 1. The molecule has 2 saturated heterocycles. The van der Waals surface area contributed by atoms with E-state index in [-0.39, 0.29) is 0 Å². The van der Waals surface area contributed by atoms with Gasteiger partial charge >= 0.3 is 0 Å². The average molecular weight is 452 g/mol. The van der Waals surface area contributed by atoms with Crippen LogP contribution in [-0.4, -0.2) is 53.6 Å². The molecule has 1 aromatic carbocycles. The highest BCUT2D eigenvalue weighted by atomic mass is 16.5. The largest absolute Gasteiger partial charge is 0.494 e. The van der Waals surface area contributed by atoms with Crippen LogP contribution in [-0.2, 0) is 6.54 Å². The summed E-state index contributed by atoms with van der Waals surface area (Å²) in [4.78, 5) is 9.99. The summed E-state index contributed by atoms with van der Waals surface area (Å²) in [5.74, 6) is 1.63. The number of hydrogen-bond donors (Lipinski definition) is 0. The Kier molecular flexibility index (Phi) is 7.37. The molecule has 1 spiro atoms. The molecule has 0 N–H and O–H groups in total. The van der Waals surface area contributed by atoms with E-state index in [2.05, 4.69) is 28.9 Å². The minimum Gasteiger partial charge on any atom is -0.494 e. The molecule has 5 nitrogen and oxygen atoms in total. The van der Waals surface area contributed by atoms with Gasteiger partial charge in [-0.05, 0) is 94.6 Å². The standard InChI is InChI=1S/C28H41N3O2/c1-23-8-5-17-31(23)18-7-19-32-26-11-9-24(10-12-26)27-29-25(21-33-27)20-30-16-6-15-28(22-30)13-3-2-4-14-28/h9-12,21,23H,2-8,13-20,22H2,1H3. The summed E-state index contributed by atoms with van der Waals surface area (Å²) in [6.45, 7) is 8.80. The Balaban J connectivity index is 1.10. The monoisotopic (exact) mass is 451 g/mol. The minimum atomic E-state index is 0.575. The second kappa shape index (κ2) is 10.6. The van der Waals surface area contributed by atoms with Gasteiger partial charge in [0.2, 0.25) is 5.89 Å². The highest BCUT2D eigenvalue weighted by Crippen LogP contribution is 2.43. The van der Waals surface area contributed by atoms with Gasteiger partial charge in [-0.15, -0.1) is 0 Å². The van der Waals surface area contributed by atoms with Crippen LogP contribution < -0.4 is 4.74 Å². The van der Waals surface area contributed by atoms with Gasteiger partial charge < -0.3 is 14.1 Å². The van der Waals surface area contributed by atoms with E-state index in [4.69, 9.17) is 14.1 Å². The molecule has 5 heteroatoms. The normalized spacial score (nSPS) is 23.8. The van der Waals surface area contributed by atoms with E-state index < -0.39 is 0 Å². The van der Waals surface area contributed by atoms with E-state index in [1.54, 1.807) is 0 Å². The molecule has 180 valence electrons. The van der Waals surface area contributed by atoms with E-state index in [1.165, 1.54) is 77.4 Å². The molecule has 1 atom stereocenters. The first-order valence-electron chi connectivity index (χ1n) is 13.3. The summed E-state index contributed by atoms with van der Waals surface area (Å²) in [5, 5.41) is 0. The Morgan fingerprint density at radius 2 is 1.85 bits per heavy atom. The molecule has 5 rings (SSSR count). The maximum absolute atomic E-state index is 5.97.